The average Bonchev–Trinajstić information content (AvgIpc) is 2.64. The van der Waals surface area contributed by atoms with Gasteiger partial charge in [0.15, 0.2) is 0 Å². The van der Waals surface area contributed by atoms with Gasteiger partial charge in [-0.05, 0) is 49.3 Å². The van der Waals surface area contributed by atoms with Gasteiger partial charge in [0.25, 0.3) is 0 Å². The Morgan fingerprint density at radius 1 is 0.731 bits per heavy atom. The Morgan fingerprint density at radius 3 is 1.77 bits per heavy atom. The van der Waals surface area contributed by atoms with Gasteiger partial charge in [-0.15, -0.1) is 0 Å². The van der Waals surface area contributed by atoms with E-state index in [9.17, 15) is 0 Å². The molecule has 1 rings (SSSR count). The van der Waals surface area contributed by atoms with E-state index in [1.807, 2.05) is 0 Å². The quantitative estimate of drug-likeness (QED) is 0.340. The van der Waals surface area contributed by atoms with E-state index in [4.69, 9.17) is 4.98 Å². The van der Waals surface area contributed by atoms with E-state index in [0.29, 0.717) is 5.92 Å². The molecule has 0 amide bonds. The fourth-order valence-electron chi connectivity index (χ4n) is 3.75. The number of pyridine rings is 1. The molecule has 0 spiro atoms. The molecule has 26 heavy (non-hydrogen) atoms. The van der Waals surface area contributed by atoms with E-state index < -0.39 is 0 Å². The Hall–Kier alpha value is -0.850. The molecule has 0 radical (unpaired) electrons. The van der Waals surface area contributed by atoms with Gasteiger partial charge in [0, 0.05) is 17.8 Å². The zero-order chi connectivity index (χ0) is 19.8. The number of aryl methyl sites for hydroxylation is 1. The van der Waals surface area contributed by atoms with Crippen molar-refractivity contribution in [3.8, 4) is 0 Å². The highest BCUT2D eigenvalue weighted by Gasteiger charge is 2.18. The second-order valence-electron chi connectivity index (χ2n) is 7.74. The number of hydrogen-bond acceptors (Lipinski definition) is 1. The second-order valence-corrected chi connectivity index (χ2v) is 7.74. The van der Waals surface area contributed by atoms with Crippen LogP contribution in [0, 0.1) is 6.92 Å². The SMILES string of the molecule is CCCCCCC.CCCc1c(C)cnc(C(CC)CCC)c1CCC. The highest BCUT2D eigenvalue weighted by molar-refractivity contribution is 5.38. The van der Waals surface area contributed by atoms with Crippen LogP contribution in [0.25, 0.3) is 0 Å². The van der Waals surface area contributed by atoms with Gasteiger partial charge in [-0.2, -0.15) is 0 Å². The summed E-state index contributed by atoms with van der Waals surface area (Å²) in [7, 11) is 0. The summed E-state index contributed by atoms with van der Waals surface area (Å²) >= 11 is 0. The number of hydrogen-bond donors (Lipinski definition) is 0. The molecule has 1 heterocycles. The van der Waals surface area contributed by atoms with Crippen molar-refractivity contribution in [3.63, 3.8) is 0 Å². The standard InChI is InChI=1S/C18H31N.C7H16/c1-6-10-15(9-4)18-17(12-8-3)16(11-7-2)14(5)13-19-18;1-3-5-7-6-4-2/h13,15H,6-12H2,1-5H3;3-7H2,1-2H3. The third-order valence-electron chi connectivity index (χ3n) is 5.27. The van der Waals surface area contributed by atoms with E-state index in [2.05, 4.69) is 54.7 Å². The minimum Gasteiger partial charge on any atom is -0.260 e. The molecule has 1 atom stereocenters. The van der Waals surface area contributed by atoms with Crippen molar-refractivity contribution in [3.05, 3.63) is 28.6 Å². The zero-order valence-corrected chi connectivity index (χ0v) is 19.1. The highest BCUT2D eigenvalue weighted by Crippen LogP contribution is 2.30. The summed E-state index contributed by atoms with van der Waals surface area (Å²) in [5.41, 5.74) is 5.95. The summed E-state index contributed by atoms with van der Waals surface area (Å²) in [4.78, 5) is 4.83. The number of aromatic nitrogens is 1. The van der Waals surface area contributed by atoms with Crippen LogP contribution in [0.2, 0.25) is 0 Å². The summed E-state index contributed by atoms with van der Waals surface area (Å²) in [6.07, 6.45) is 17.7. The zero-order valence-electron chi connectivity index (χ0n) is 19.1. The maximum absolute atomic E-state index is 4.83. The van der Waals surface area contributed by atoms with E-state index >= 15 is 0 Å². The van der Waals surface area contributed by atoms with Gasteiger partial charge < -0.3 is 0 Å². The Labute approximate surface area is 165 Å². The lowest BCUT2D eigenvalue weighted by atomic mass is 9.87. The van der Waals surface area contributed by atoms with Crippen molar-refractivity contribution in [2.75, 3.05) is 0 Å². The normalized spacial score (nSPS) is 11.8. The van der Waals surface area contributed by atoms with E-state index in [0.717, 1.165) is 0 Å². The van der Waals surface area contributed by atoms with Gasteiger partial charge in [-0.1, -0.05) is 92.9 Å². The van der Waals surface area contributed by atoms with Gasteiger partial charge in [-0.3, -0.25) is 4.98 Å². The van der Waals surface area contributed by atoms with E-state index in [1.54, 1.807) is 11.1 Å². The van der Waals surface area contributed by atoms with Crippen molar-refractivity contribution in [2.24, 2.45) is 0 Å². The molecule has 1 unspecified atom stereocenters. The van der Waals surface area contributed by atoms with Crippen LogP contribution < -0.4 is 0 Å². The van der Waals surface area contributed by atoms with Crippen molar-refractivity contribution >= 4 is 0 Å². The van der Waals surface area contributed by atoms with Crippen molar-refractivity contribution < 1.29 is 0 Å². The highest BCUT2D eigenvalue weighted by atomic mass is 14.7. The Bertz CT molecular complexity index is 446. The largest absolute Gasteiger partial charge is 0.260 e. The molecule has 0 aromatic carbocycles. The first-order valence-corrected chi connectivity index (χ1v) is 11.6. The average molecular weight is 362 g/mol. The minimum absolute atomic E-state index is 0.655. The number of unbranched alkanes of at least 4 members (excludes halogenated alkanes) is 4. The summed E-state index contributed by atoms with van der Waals surface area (Å²) in [5, 5.41) is 0. The van der Waals surface area contributed by atoms with Crippen molar-refractivity contribution in [1.29, 1.82) is 0 Å². The first kappa shape index (κ1) is 25.1. The fourth-order valence-corrected chi connectivity index (χ4v) is 3.75. The monoisotopic (exact) mass is 361 g/mol. The molecule has 0 bridgehead atoms. The minimum atomic E-state index is 0.655. The van der Waals surface area contributed by atoms with Gasteiger partial charge in [-0.25, -0.2) is 0 Å². The molecule has 152 valence electrons. The smallest absolute Gasteiger partial charge is 0.0469 e. The summed E-state index contributed by atoms with van der Waals surface area (Å²) in [6, 6.07) is 0. The predicted octanol–water partition coefficient (Wildman–Crippen LogP) is 8.57. The molecular formula is C25H47N. The summed E-state index contributed by atoms with van der Waals surface area (Å²) < 4.78 is 0. The molecule has 0 aliphatic heterocycles. The molecule has 0 aliphatic rings. The van der Waals surface area contributed by atoms with Crippen LogP contribution in [0.3, 0.4) is 0 Å². The van der Waals surface area contributed by atoms with E-state index in [1.165, 1.54) is 88.3 Å². The van der Waals surface area contributed by atoms with Crippen LogP contribution >= 0.6 is 0 Å². The lowest BCUT2D eigenvalue weighted by molar-refractivity contribution is 0.571. The van der Waals surface area contributed by atoms with Crippen molar-refractivity contribution in [2.45, 2.75) is 131 Å². The van der Waals surface area contributed by atoms with Crippen LogP contribution in [-0.4, -0.2) is 4.98 Å². The summed E-state index contributed by atoms with van der Waals surface area (Å²) in [5.74, 6) is 0.655. The molecule has 0 N–H and O–H groups in total. The molecule has 1 aromatic heterocycles. The summed E-state index contributed by atoms with van der Waals surface area (Å²) in [6.45, 7) is 15.9. The van der Waals surface area contributed by atoms with Crippen molar-refractivity contribution in [1.82, 2.24) is 4.98 Å². The Morgan fingerprint density at radius 2 is 1.31 bits per heavy atom. The first-order valence-electron chi connectivity index (χ1n) is 11.6. The third kappa shape index (κ3) is 9.19. The Balaban J connectivity index is 0.000000758. The molecular weight excluding hydrogens is 314 g/mol. The lowest BCUT2D eigenvalue weighted by Crippen LogP contribution is -2.10. The maximum Gasteiger partial charge on any atom is 0.0469 e. The number of nitrogens with zero attached hydrogens (tertiary/aromatic N) is 1. The van der Waals surface area contributed by atoms with Gasteiger partial charge in [0.1, 0.15) is 0 Å². The van der Waals surface area contributed by atoms with Gasteiger partial charge in [0.05, 0.1) is 0 Å². The number of rotatable bonds is 12. The maximum atomic E-state index is 4.83. The third-order valence-corrected chi connectivity index (χ3v) is 5.27. The fraction of sp³-hybridized carbons (Fsp3) is 0.800. The molecule has 0 fully saturated rings. The second kappa shape index (κ2) is 16.3. The van der Waals surface area contributed by atoms with Crippen LogP contribution in [0.1, 0.15) is 134 Å². The molecule has 0 saturated heterocycles. The molecule has 1 nitrogen and oxygen atoms in total. The Kier molecular flexibility index (Phi) is 15.8. The van der Waals surface area contributed by atoms with Crippen LogP contribution in [0.5, 0.6) is 0 Å². The topological polar surface area (TPSA) is 12.9 Å². The van der Waals surface area contributed by atoms with Gasteiger partial charge in [0.2, 0.25) is 0 Å². The van der Waals surface area contributed by atoms with Crippen LogP contribution in [0.4, 0.5) is 0 Å². The lowest BCUT2D eigenvalue weighted by Gasteiger charge is -2.21. The molecule has 1 heteroatoms. The predicted molar refractivity (Wildman–Crippen MR) is 119 cm³/mol. The van der Waals surface area contributed by atoms with Crippen LogP contribution in [-0.2, 0) is 12.8 Å². The van der Waals surface area contributed by atoms with Gasteiger partial charge >= 0.3 is 0 Å². The molecule has 1 aromatic rings. The first-order chi connectivity index (χ1) is 12.6. The molecule has 0 saturated carbocycles. The molecule has 0 aliphatic carbocycles. The van der Waals surface area contributed by atoms with Crippen LogP contribution in [0.15, 0.2) is 6.20 Å². The van der Waals surface area contributed by atoms with E-state index in [-0.39, 0.29) is 0 Å².